The van der Waals surface area contributed by atoms with E-state index >= 15 is 0 Å². The Balaban J connectivity index is 2.45. The van der Waals surface area contributed by atoms with Crippen molar-refractivity contribution in [2.45, 2.75) is 6.92 Å². The average Bonchev–Trinajstić information content (AvgIpc) is 2.64. The van der Waals surface area contributed by atoms with E-state index in [1.807, 2.05) is 6.92 Å². The van der Waals surface area contributed by atoms with E-state index in [1.165, 1.54) is 23.5 Å². The number of aryl methyl sites for hydroxylation is 1. The van der Waals surface area contributed by atoms with Crippen LogP contribution in [0.1, 0.15) is 15.4 Å². The number of carboxylic acids is 1. The summed E-state index contributed by atoms with van der Waals surface area (Å²) in [5.74, 6) is -1.99. The van der Waals surface area contributed by atoms with Crippen molar-refractivity contribution in [3.63, 3.8) is 0 Å². The molecule has 16 heavy (non-hydrogen) atoms. The number of aromatic nitrogens is 1. The third kappa shape index (κ3) is 1.94. The Morgan fingerprint density at radius 2 is 2.25 bits per heavy atom. The smallest absolute Gasteiger partial charge is 0.338 e. The van der Waals surface area contributed by atoms with Crippen LogP contribution in [0.5, 0.6) is 0 Å². The van der Waals surface area contributed by atoms with Crippen LogP contribution in [-0.4, -0.2) is 16.1 Å². The largest absolute Gasteiger partial charge is 0.478 e. The summed E-state index contributed by atoms with van der Waals surface area (Å²) in [6.07, 6.45) is 1.65. The monoisotopic (exact) mass is 237 g/mol. The first-order valence-corrected chi connectivity index (χ1v) is 5.35. The molecule has 0 spiro atoms. The van der Waals surface area contributed by atoms with Gasteiger partial charge in [-0.1, -0.05) is 6.07 Å². The summed E-state index contributed by atoms with van der Waals surface area (Å²) in [4.78, 5) is 15.5. The number of benzene rings is 1. The van der Waals surface area contributed by atoms with E-state index in [-0.39, 0.29) is 5.56 Å². The molecule has 0 radical (unpaired) electrons. The first-order valence-electron chi connectivity index (χ1n) is 4.53. The van der Waals surface area contributed by atoms with Gasteiger partial charge in [-0.05, 0) is 24.6 Å². The molecule has 1 aromatic heterocycles. The second-order valence-corrected chi connectivity index (χ2v) is 4.48. The van der Waals surface area contributed by atoms with Gasteiger partial charge in [0.25, 0.3) is 0 Å². The molecule has 0 aliphatic carbocycles. The lowest BCUT2D eigenvalue weighted by Gasteiger charge is -2.00. The molecule has 82 valence electrons. The molecule has 0 amide bonds. The molecule has 0 aliphatic heterocycles. The highest BCUT2D eigenvalue weighted by Gasteiger charge is 2.11. The summed E-state index contributed by atoms with van der Waals surface area (Å²) >= 11 is 1.44. The number of carboxylic acid groups (broad SMARTS) is 1. The zero-order chi connectivity index (χ0) is 11.7. The Bertz CT molecular complexity index is 551. The second-order valence-electron chi connectivity index (χ2n) is 3.24. The van der Waals surface area contributed by atoms with E-state index in [0.29, 0.717) is 5.56 Å². The predicted octanol–water partition coefficient (Wildman–Crippen LogP) is 2.96. The maximum atomic E-state index is 13.4. The fourth-order valence-electron chi connectivity index (χ4n) is 1.34. The number of carbonyl (C=O) groups is 1. The van der Waals surface area contributed by atoms with Gasteiger partial charge in [-0.25, -0.2) is 14.2 Å². The van der Waals surface area contributed by atoms with Gasteiger partial charge in [-0.3, -0.25) is 0 Å². The van der Waals surface area contributed by atoms with Crippen LogP contribution in [0.3, 0.4) is 0 Å². The summed E-state index contributed by atoms with van der Waals surface area (Å²) in [5.41, 5.74) is 0.332. The van der Waals surface area contributed by atoms with Gasteiger partial charge >= 0.3 is 5.97 Å². The van der Waals surface area contributed by atoms with Crippen molar-refractivity contribution >= 4 is 17.3 Å². The molecule has 1 aromatic carbocycles. The predicted molar refractivity (Wildman–Crippen MR) is 59.2 cm³/mol. The summed E-state index contributed by atoms with van der Waals surface area (Å²) < 4.78 is 13.4. The lowest BCUT2D eigenvalue weighted by atomic mass is 10.1. The minimum atomic E-state index is -1.26. The number of rotatable bonds is 2. The zero-order valence-corrected chi connectivity index (χ0v) is 9.21. The van der Waals surface area contributed by atoms with E-state index in [0.717, 1.165) is 9.88 Å². The Hall–Kier alpha value is -1.75. The highest BCUT2D eigenvalue weighted by molar-refractivity contribution is 7.15. The highest BCUT2D eigenvalue weighted by Crippen LogP contribution is 2.27. The van der Waals surface area contributed by atoms with E-state index in [4.69, 9.17) is 5.11 Å². The molecule has 0 unspecified atom stereocenters. The van der Waals surface area contributed by atoms with Crippen LogP contribution < -0.4 is 0 Å². The van der Waals surface area contributed by atoms with Crippen molar-refractivity contribution < 1.29 is 14.3 Å². The van der Waals surface area contributed by atoms with Gasteiger partial charge in [0.05, 0.1) is 15.4 Å². The van der Waals surface area contributed by atoms with E-state index in [2.05, 4.69) is 4.98 Å². The maximum absolute atomic E-state index is 13.4. The lowest BCUT2D eigenvalue weighted by molar-refractivity contribution is 0.0692. The van der Waals surface area contributed by atoms with E-state index < -0.39 is 11.8 Å². The van der Waals surface area contributed by atoms with Crippen LogP contribution >= 0.6 is 11.3 Å². The summed E-state index contributed by atoms with van der Waals surface area (Å²) in [6, 6.07) is 4.07. The number of halogens is 1. The fourth-order valence-corrected chi connectivity index (χ4v) is 2.11. The molecule has 0 saturated carbocycles. The molecule has 0 aliphatic rings. The van der Waals surface area contributed by atoms with Crippen LogP contribution in [-0.2, 0) is 0 Å². The van der Waals surface area contributed by atoms with Crippen molar-refractivity contribution in [2.75, 3.05) is 0 Å². The third-order valence-electron chi connectivity index (χ3n) is 2.11. The maximum Gasteiger partial charge on any atom is 0.338 e. The Kier molecular flexibility index (Phi) is 2.70. The van der Waals surface area contributed by atoms with Crippen molar-refractivity contribution in [3.05, 3.63) is 40.8 Å². The number of thiazole rings is 1. The normalized spacial score (nSPS) is 10.4. The van der Waals surface area contributed by atoms with Gasteiger partial charge in [0, 0.05) is 6.20 Å². The molecule has 0 fully saturated rings. The molecular weight excluding hydrogens is 229 g/mol. The average molecular weight is 237 g/mol. The van der Waals surface area contributed by atoms with Crippen LogP contribution in [0.25, 0.3) is 10.4 Å². The Morgan fingerprint density at radius 3 is 2.75 bits per heavy atom. The third-order valence-corrected chi connectivity index (χ3v) is 3.07. The van der Waals surface area contributed by atoms with Crippen molar-refractivity contribution in [1.82, 2.24) is 4.98 Å². The lowest BCUT2D eigenvalue weighted by Crippen LogP contribution is -1.99. The van der Waals surface area contributed by atoms with Crippen LogP contribution in [0, 0.1) is 12.7 Å². The number of nitrogens with zero attached hydrogens (tertiary/aromatic N) is 1. The molecule has 2 aromatic rings. The molecule has 0 bridgehead atoms. The quantitative estimate of drug-likeness (QED) is 0.873. The minimum absolute atomic E-state index is 0.315. The summed E-state index contributed by atoms with van der Waals surface area (Å²) in [6.45, 7) is 1.86. The molecular formula is C11H8FNO2S. The molecule has 5 heteroatoms. The molecule has 3 nitrogen and oxygen atoms in total. The van der Waals surface area contributed by atoms with Gasteiger partial charge in [0.15, 0.2) is 0 Å². The van der Waals surface area contributed by atoms with Crippen molar-refractivity contribution in [3.8, 4) is 10.4 Å². The molecule has 1 N–H and O–H groups in total. The summed E-state index contributed by atoms with van der Waals surface area (Å²) in [5, 5.41) is 9.57. The molecule has 1 heterocycles. The SMILES string of the molecule is Cc1ncc(-c2ccc(C(=O)O)c(F)c2)s1. The summed E-state index contributed by atoms with van der Waals surface area (Å²) in [7, 11) is 0. The van der Waals surface area contributed by atoms with Gasteiger partial charge in [0.1, 0.15) is 5.82 Å². The molecule has 2 rings (SSSR count). The Morgan fingerprint density at radius 1 is 1.50 bits per heavy atom. The molecule has 0 atom stereocenters. The number of hydrogen-bond donors (Lipinski definition) is 1. The van der Waals surface area contributed by atoms with Gasteiger partial charge in [-0.15, -0.1) is 11.3 Å². The minimum Gasteiger partial charge on any atom is -0.478 e. The fraction of sp³-hybridized carbons (Fsp3) is 0.0909. The number of aromatic carboxylic acids is 1. The van der Waals surface area contributed by atoms with Crippen molar-refractivity contribution in [2.24, 2.45) is 0 Å². The first kappa shape index (κ1) is 10.8. The highest BCUT2D eigenvalue weighted by atomic mass is 32.1. The van der Waals surface area contributed by atoms with Crippen LogP contribution in [0.15, 0.2) is 24.4 Å². The van der Waals surface area contributed by atoms with Crippen molar-refractivity contribution in [1.29, 1.82) is 0 Å². The van der Waals surface area contributed by atoms with Crippen LogP contribution in [0.2, 0.25) is 0 Å². The second kappa shape index (κ2) is 4.02. The topological polar surface area (TPSA) is 50.2 Å². The number of hydrogen-bond acceptors (Lipinski definition) is 3. The molecule has 0 saturated heterocycles. The zero-order valence-electron chi connectivity index (χ0n) is 8.40. The Labute approximate surface area is 95.2 Å². The van der Waals surface area contributed by atoms with Gasteiger partial charge in [-0.2, -0.15) is 0 Å². The van der Waals surface area contributed by atoms with E-state index in [1.54, 1.807) is 12.3 Å². The standard InChI is InChI=1S/C11H8FNO2S/c1-6-13-5-10(16-6)7-2-3-8(11(14)15)9(12)4-7/h2-5H,1H3,(H,14,15). The van der Waals surface area contributed by atoms with Crippen LogP contribution in [0.4, 0.5) is 4.39 Å². The van der Waals surface area contributed by atoms with Gasteiger partial charge in [0.2, 0.25) is 0 Å². The van der Waals surface area contributed by atoms with Gasteiger partial charge < -0.3 is 5.11 Å². The first-order chi connectivity index (χ1) is 7.58. The van der Waals surface area contributed by atoms with E-state index in [9.17, 15) is 9.18 Å².